The Morgan fingerprint density at radius 1 is 0.767 bits per heavy atom. The van der Waals surface area contributed by atoms with Crippen molar-refractivity contribution in [2.24, 2.45) is 17.8 Å². The highest BCUT2D eigenvalue weighted by Crippen LogP contribution is 2.41. The van der Waals surface area contributed by atoms with Gasteiger partial charge in [0.25, 0.3) is 0 Å². The predicted octanol–water partition coefficient (Wildman–Crippen LogP) is 8.67. The third kappa shape index (κ3) is 6.29. The smallest absolute Gasteiger partial charge is 0.176 e. The van der Waals surface area contributed by atoms with Gasteiger partial charge < -0.3 is 0 Å². The van der Waals surface area contributed by atoms with Crippen molar-refractivity contribution in [2.75, 3.05) is 0 Å². The summed E-state index contributed by atoms with van der Waals surface area (Å²) in [6.07, 6.45) is 19.5. The van der Waals surface area contributed by atoms with Crippen molar-refractivity contribution in [3.63, 3.8) is 0 Å². The van der Waals surface area contributed by atoms with Crippen molar-refractivity contribution in [3.8, 4) is 6.07 Å². The van der Waals surface area contributed by atoms with Gasteiger partial charge in [0.1, 0.15) is 6.07 Å². The molecule has 1 aromatic carbocycles. The minimum Gasteiger partial charge on any atom is -0.203 e. The Labute approximate surface area is 182 Å². The van der Waals surface area contributed by atoms with Gasteiger partial charge in [0, 0.05) is 0 Å². The molecule has 1 nitrogen and oxygen atoms in total. The lowest BCUT2D eigenvalue weighted by atomic mass is 9.73. The van der Waals surface area contributed by atoms with Crippen LogP contribution in [0, 0.1) is 40.7 Å². The molecule has 30 heavy (non-hydrogen) atoms. The summed E-state index contributed by atoms with van der Waals surface area (Å²) in [7, 11) is 0. The quantitative estimate of drug-likeness (QED) is 0.370. The van der Waals surface area contributed by atoms with Crippen LogP contribution in [0.3, 0.4) is 0 Å². The van der Waals surface area contributed by atoms with E-state index in [1.165, 1.54) is 76.7 Å². The average Bonchev–Trinajstić information content (AvgIpc) is 2.78. The van der Waals surface area contributed by atoms with Crippen LogP contribution in [0.1, 0.15) is 120 Å². The number of halogens is 2. The first-order valence-corrected chi connectivity index (χ1v) is 12.5. The summed E-state index contributed by atoms with van der Waals surface area (Å²) in [4.78, 5) is 0. The molecule has 2 saturated carbocycles. The molecule has 0 saturated heterocycles. The van der Waals surface area contributed by atoms with Crippen LogP contribution in [0.15, 0.2) is 12.1 Å². The second kappa shape index (κ2) is 11.8. The van der Waals surface area contributed by atoms with Gasteiger partial charge in [-0.1, -0.05) is 83.6 Å². The molecule has 0 spiro atoms. The van der Waals surface area contributed by atoms with Gasteiger partial charge in [-0.2, -0.15) is 5.26 Å². The van der Waals surface area contributed by atoms with Crippen molar-refractivity contribution in [1.82, 2.24) is 0 Å². The number of hydrogen-bond donors (Lipinski definition) is 0. The second-order valence-electron chi connectivity index (χ2n) is 9.97. The van der Waals surface area contributed by atoms with E-state index in [0.717, 1.165) is 43.4 Å². The first kappa shape index (κ1) is 23.2. The van der Waals surface area contributed by atoms with Crippen molar-refractivity contribution in [1.29, 1.82) is 5.26 Å². The van der Waals surface area contributed by atoms with Crippen LogP contribution in [-0.4, -0.2) is 0 Å². The summed E-state index contributed by atoms with van der Waals surface area (Å²) in [6.45, 7) is 2.28. The van der Waals surface area contributed by atoms with E-state index in [9.17, 15) is 8.78 Å². The minimum absolute atomic E-state index is 0.103. The van der Waals surface area contributed by atoms with E-state index in [2.05, 4.69) is 6.92 Å². The molecule has 166 valence electrons. The topological polar surface area (TPSA) is 23.8 Å². The number of rotatable bonds is 9. The maximum Gasteiger partial charge on any atom is 0.176 e. The molecule has 1 aromatic rings. The summed E-state index contributed by atoms with van der Waals surface area (Å²) < 4.78 is 28.3. The molecule has 0 amide bonds. The van der Waals surface area contributed by atoms with Crippen molar-refractivity contribution in [2.45, 2.75) is 109 Å². The highest BCUT2D eigenvalue weighted by molar-refractivity contribution is 5.36. The Kier molecular flexibility index (Phi) is 9.16. The highest BCUT2D eigenvalue weighted by Gasteiger charge is 2.27. The monoisotopic (exact) mass is 415 g/mol. The summed E-state index contributed by atoms with van der Waals surface area (Å²) in [5.41, 5.74) is 0.280. The predicted molar refractivity (Wildman–Crippen MR) is 119 cm³/mol. The maximum atomic E-state index is 14.3. The lowest BCUT2D eigenvalue weighted by Gasteiger charge is -2.32. The maximum absolute atomic E-state index is 14.3. The van der Waals surface area contributed by atoms with Gasteiger partial charge in [-0.3, -0.25) is 0 Å². The number of unbranched alkanes of at least 4 members (excludes halogenated alkanes) is 3. The summed E-state index contributed by atoms with van der Waals surface area (Å²) >= 11 is 0. The lowest BCUT2D eigenvalue weighted by molar-refractivity contribution is 0.221. The number of nitriles is 1. The van der Waals surface area contributed by atoms with Gasteiger partial charge in [0.2, 0.25) is 0 Å². The molecule has 0 heterocycles. The molecule has 0 bridgehead atoms. The van der Waals surface area contributed by atoms with Crippen LogP contribution in [0.2, 0.25) is 0 Å². The van der Waals surface area contributed by atoms with E-state index < -0.39 is 11.6 Å². The molecular formula is C27H39F2N. The molecule has 0 N–H and O–H groups in total. The molecule has 2 aliphatic carbocycles. The zero-order chi connectivity index (χ0) is 21.3. The van der Waals surface area contributed by atoms with E-state index in [1.807, 2.05) is 0 Å². The normalized spacial score (nSPS) is 27.0. The van der Waals surface area contributed by atoms with Crippen LogP contribution < -0.4 is 0 Å². The molecule has 3 heteroatoms. The molecule has 0 unspecified atom stereocenters. The Hall–Kier alpha value is -1.43. The first-order chi connectivity index (χ1) is 14.6. The lowest BCUT2D eigenvalue weighted by Crippen LogP contribution is -2.18. The Morgan fingerprint density at radius 3 is 1.90 bits per heavy atom. The van der Waals surface area contributed by atoms with E-state index in [-0.39, 0.29) is 11.5 Å². The summed E-state index contributed by atoms with van der Waals surface area (Å²) in [5, 5.41) is 8.86. The highest BCUT2D eigenvalue weighted by atomic mass is 19.2. The fourth-order valence-electron chi connectivity index (χ4n) is 5.87. The Bertz CT molecular complexity index is 692. The van der Waals surface area contributed by atoms with Gasteiger partial charge >= 0.3 is 0 Å². The average molecular weight is 416 g/mol. The molecule has 3 rings (SSSR count). The zero-order valence-electron chi connectivity index (χ0n) is 18.8. The molecule has 0 atom stereocenters. The summed E-state index contributed by atoms with van der Waals surface area (Å²) in [5.74, 6) is 0.976. The number of hydrogen-bond acceptors (Lipinski definition) is 1. The van der Waals surface area contributed by atoms with E-state index >= 15 is 0 Å². The standard InChI is InChI=1S/C27H39F2N/c1-2-3-4-5-6-20-7-9-21(10-8-20)11-12-22-13-15-23(16-14-22)25-18-17-24(19-30)26(28)27(25)29/h17-18,20-23H,2-16H2,1H3. The first-order valence-electron chi connectivity index (χ1n) is 12.5. The molecule has 0 aliphatic heterocycles. The molecule has 2 fully saturated rings. The van der Waals surface area contributed by atoms with Gasteiger partial charge in [-0.05, 0) is 61.0 Å². The van der Waals surface area contributed by atoms with E-state index in [1.54, 1.807) is 12.1 Å². The molecule has 2 aliphatic rings. The third-order valence-corrected chi connectivity index (χ3v) is 7.93. The molecule has 0 radical (unpaired) electrons. The number of benzene rings is 1. The zero-order valence-corrected chi connectivity index (χ0v) is 18.8. The van der Waals surface area contributed by atoms with Crippen LogP contribution in [0.5, 0.6) is 0 Å². The van der Waals surface area contributed by atoms with Crippen molar-refractivity contribution >= 4 is 0 Å². The molecule has 0 aromatic heterocycles. The van der Waals surface area contributed by atoms with Crippen LogP contribution in [-0.2, 0) is 0 Å². The van der Waals surface area contributed by atoms with Gasteiger partial charge in [-0.15, -0.1) is 0 Å². The minimum atomic E-state index is -0.974. The van der Waals surface area contributed by atoms with E-state index in [4.69, 9.17) is 5.26 Å². The van der Waals surface area contributed by atoms with Gasteiger partial charge in [-0.25, -0.2) is 8.78 Å². The number of nitrogens with zero attached hydrogens (tertiary/aromatic N) is 1. The fraction of sp³-hybridized carbons (Fsp3) is 0.741. The van der Waals surface area contributed by atoms with Crippen molar-refractivity contribution < 1.29 is 8.78 Å². The largest absolute Gasteiger partial charge is 0.203 e. The second-order valence-corrected chi connectivity index (χ2v) is 9.97. The van der Waals surface area contributed by atoms with Crippen molar-refractivity contribution in [3.05, 3.63) is 34.9 Å². The third-order valence-electron chi connectivity index (χ3n) is 7.93. The Balaban J connectivity index is 1.35. The van der Waals surface area contributed by atoms with Crippen LogP contribution in [0.25, 0.3) is 0 Å². The van der Waals surface area contributed by atoms with E-state index in [0.29, 0.717) is 5.56 Å². The summed E-state index contributed by atoms with van der Waals surface area (Å²) in [6, 6.07) is 4.78. The SMILES string of the molecule is CCCCCCC1CCC(CCC2CCC(c3ccc(C#N)c(F)c3F)CC2)CC1. The Morgan fingerprint density at radius 2 is 1.33 bits per heavy atom. The fourth-order valence-corrected chi connectivity index (χ4v) is 5.87. The van der Waals surface area contributed by atoms with Gasteiger partial charge in [0.15, 0.2) is 11.6 Å². The van der Waals surface area contributed by atoms with Crippen LogP contribution in [0.4, 0.5) is 8.78 Å². The van der Waals surface area contributed by atoms with Crippen LogP contribution >= 0.6 is 0 Å². The molecular weight excluding hydrogens is 376 g/mol. The van der Waals surface area contributed by atoms with Gasteiger partial charge in [0.05, 0.1) is 5.56 Å².